The number of aliphatic hydroxyl groups excluding tert-OH is 1. The lowest BCUT2D eigenvalue weighted by Crippen LogP contribution is -2.05. The monoisotopic (exact) mass is 330 g/mol. The van der Waals surface area contributed by atoms with Gasteiger partial charge in [-0.3, -0.25) is 4.40 Å². The van der Waals surface area contributed by atoms with E-state index in [9.17, 15) is 5.11 Å². The topological polar surface area (TPSA) is 46.8 Å². The van der Waals surface area contributed by atoms with Gasteiger partial charge in [-0.25, -0.2) is 4.98 Å². The molecule has 2 heterocycles. The van der Waals surface area contributed by atoms with E-state index >= 15 is 0 Å². The molecule has 3 aromatic rings. The van der Waals surface area contributed by atoms with Crippen LogP contribution >= 0.6 is 11.6 Å². The summed E-state index contributed by atoms with van der Waals surface area (Å²) in [6, 6.07) is 11.4. The molecule has 1 atom stereocenters. The van der Waals surface area contributed by atoms with Crippen LogP contribution < -0.4 is 4.74 Å². The molecule has 0 aliphatic carbocycles. The summed E-state index contributed by atoms with van der Waals surface area (Å²) in [5.74, 6) is 0.814. The van der Waals surface area contributed by atoms with Gasteiger partial charge in [-0.05, 0) is 57.2 Å². The highest BCUT2D eigenvalue weighted by Crippen LogP contribution is 2.31. The van der Waals surface area contributed by atoms with Gasteiger partial charge in [-0.2, -0.15) is 0 Å². The molecule has 0 aliphatic heterocycles. The van der Waals surface area contributed by atoms with Crippen molar-refractivity contribution >= 4 is 17.2 Å². The Morgan fingerprint density at radius 1 is 1.09 bits per heavy atom. The molecule has 0 amide bonds. The zero-order valence-electron chi connectivity index (χ0n) is 13.3. The Labute approximate surface area is 140 Å². The summed E-state index contributed by atoms with van der Waals surface area (Å²) in [6.45, 7) is 5.71. The smallest absolute Gasteiger partial charge is 0.137 e. The van der Waals surface area contributed by atoms with E-state index in [2.05, 4.69) is 4.98 Å². The van der Waals surface area contributed by atoms with Crippen LogP contribution in [0.5, 0.6) is 5.75 Å². The minimum atomic E-state index is -0.662. The Morgan fingerprint density at radius 3 is 2.39 bits per heavy atom. The van der Waals surface area contributed by atoms with Gasteiger partial charge < -0.3 is 9.84 Å². The number of nitrogens with zero attached hydrogens (tertiary/aromatic N) is 2. The molecule has 0 saturated carbocycles. The van der Waals surface area contributed by atoms with Gasteiger partial charge in [0, 0.05) is 11.8 Å². The third-order valence-electron chi connectivity index (χ3n) is 3.51. The van der Waals surface area contributed by atoms with E-state index in [4.69, 9.17) is 16.3 Å². The summed E-state index contributed by atoms with van der Waals surface area (Å²) in [5, 5.41) is 10.8. The Morgan fingerprint density at radius 2 is 1.78 bits per heavy atom. The molecule has 0 spiro atoms. The van der Waals surface area contributed by atoms with E-state index in [1.807, 2.05) is 48.6 Å². The van der Waals surface area contributed by atoms with Gasteiger partial charge in [0.1, 0.15) is 11.4 Å². The fourth-order valence-electron chi connectivity index (χ4n) is 2.61. The van der Waals surface area contributed by atoms with Crippen LogP contribution in [0.25, 0.3) is 16.9 Å². The van der Waals surface area contributed by atoms with Crippen molar-refractivity contribution in [3.63, 3.8) is 0 Å². The summed E-state index contributed by atoms with van der Waals surface area (Å²) < 4.78 is 7.50. The highest BCUT2D eigenvalue weighted by Gasteiger charge is 2.18. The normalized spacial score (nSPS) is 12.8. The first-order chi connectivity index (χ1) is 11.0. The Hall–Kier alpha value is -2.04. The second-order valence-corrected chi connectivity index (χ2v) is 6.22. The van der Waals surface area contributed by atoms with Crippen molar-refractivity contribution in [1.29, 1.82) is 0 Å². The predicted octanol–water partition coefficient (Wildman–Crippen LogP) is 4.50. The summed E-state index contributed by atoms with van der Waals surface area (Å²) in [6.07, 6.45) is 1.24. The van der Waals surface area contributed by atoms with Crippen molar-refractivity contribution in [2.24, 2.45) is 0 Å². The molecule has 2 aromatic heterocycles. The predicted molar refractivity (Wildman–Crippen MR) is 92.0 cm³/mol. The minimum Gasteiger partial charge on any atom is -0.491 e. The number of rotatable bonds is 4. The second-order valence-electron chi connectivity index (χ2n) is 5.79. The number of ether oxygens (including phenoxy) is 1. The van der Waals surface area contributed by atoms with Crippen LogP contribution in [0.4, 0.5) is 0 Å². The van der Waals surface area contributed by atoms with E-state index in [1.165, 1.54) is 0 Å². The van der Waals surface area contributed by atoms with Crippen LogP contribution in [0.3, 0.4) is 0 Å². The van der Waals surface area contributed by atoms with Gasteiger partial charge in [-0.15, -0.1) is 0 Å². The molecule has 1 unspecified atom stereocenters. The van der Waals surface area contributed by atoms with Crippen molar-refractivity contribution in [2.75, 3.05) is 0 Å². The lowest BCUT2D eigenvalue weighted by molar-refractivity contribution is 0.194. The molecule has 0 saturated heterocycles. The summed E-state index contributed by atoms with van der Waals surface area (Å²) in [7, 11) is 0. The summed E-state index contributed by atoms with van der Waals surface area (Å²) in [4.78, 5) is 4.64. The Kier molecular flexibility index (Phi) is 4.28. The highest BCUT2D eigenvalue weighted by molar-refractivity contribution is 6.30. The standard InChI is InChI=1S/C18H19ClN2O2/c1-11(2)23-15-7-4-13(5-8-15)17-18(12(3)22)21-10-14(19)6-9-16(21)20-17/h4-12,22H,1-3H3. The number of hydrogen-bond donors (Lipinski definition) is 1. The van der Waals surface area contributed by atoms with E-state index < -0.39 is 6.10 Å². The molecule has 3 rings (SSSR count). The number of benzene rings is 1. The number of hydrogen-bond acceptors (Lipinski definition) is 3. The number of aromatic nitrogens is 2. The number of halogens is 1. The van der Waals surface area contributed by atoms with Crippen LogP contribution in [-0.2, 0) is 0 Å². The van der Waals surface area contributed by atoms with E-state index in [-0.39, 0.29) is 6.10 Å². The molecule has 4 nitrogen and oxygen atoms in total. The maximum absolute atomic E-state index is 10.2. The van der Waals surface area contributed by atoms with Crippen molar-refractivity contribution in [1.82, 2.24) is 9.38 Å². The fourth-order valence-corrected chi connectivity index (χ4v) is 2.77. The van der Waals surface area contributed by atoms with Gasteiger partial charge in [0.05, 0.1) is 28.6 Å². The molecule has 1 aromatic carbocycles. The van der Waals surface area contributed by atoms with Crippen LogP contribution in [0.1, 0.15) is 32.6 Å². The molecule has 0 bridgehead atoms. The average Bonchev–Trinajstić information content (AvgIpc) is 2.86. The van der Waals surface area contributed by atoms with Gasteiger partial charge in [0.25, 0.3) is 0 Å². The number of aliphatic hydroxyl groups is 1. The quantitative estimate of drug-likeness (QED) is 0.766. The summed E-state index contributed by atoms with van der Waals surface area (Å²) >= 11 is 6.07. The first-order valence-corrected chi connectivity index (χ1v) is 7.96. The van der Waals surface area contributed by atoms with E-state index in [1.54, 1.807) is 19.2 Å². The largest absolute Gasteiger partial charge is 0.491 e. The molecule has 5 heteroatoms. The zero-order chi connectivity index (χ0) is 16.6. The fraction of sp³-hybridized carbons (Fsp3) is 0.278. The van der Waals surface area contributed by atoms with Gasteiger partial charge >= 0.3 is 0 Å². The number of imidazole rings is 1. The van der Waals surface area contributed by atoms with Crippen LogP contribution in [0, 0.1) is 0 Å². The van der Waals surface area contributed by atoms with Gasteiger partial charge in [0.15, 0.2) is 0 Å². The minimum absolute atomic E-state index is 0.131. The molecule has 0 aliphatic rings. The third-order valence-corrected chi connectivity index (χ3v) is 3.74. The Bertz CT molecular complexity index is 823. The lowest BCUT2D eigenvalue weighted by Gasteiger charge is -2.11. The summed E-state index contributed by atoms with van der Waals surface area (Å²) in [5.41, 5.74) is 3.15. The van der Waals surface area contributed by atoms with Crippen molar-refractivity contribution in [3.05, 3.63) is 53.3 Å². The maximum atomic E-state index is 10.2. The first-order valence-electron chi connectivity index (χ1n) is 7.58. The van der Waals surface area contributed by atoms with Crippen molar-refractivity contribution < 1.29 is 9.84 Å². The lowest BCUT2D eigenvalue weighted by atomic mass is 10.1. The molecule has 23 heavy (non-hydrogen) atoms. The van der Waals surface area contributed by atoms with Gasteiger partial charge in [0.2, 0.25) is 0 Å². The first kappa shape index (κ1) is 15.8. The van der Waals surface area contributed by atoms with Gasteiger partial charge in [-0.1, -0.05) is 11.6 Å². The van der Waals surface area contributed by atoms with Crippen LogP contribution in [0.15, 0.2) is 42.6 Å². The van der Waals surface area contributed by atoms with Crippen LogP contribution in [-0.4, -0.2) is 20.6 Å². The van der Waals surface area contributed by atoms with E-state index in [0.717, 1.165) is 28.3 Å². The Balaban J connectivity index is 2.10. The van der Waals surface area contributed by atoms with Crippen LogP contribution in [0.2, 0.25) is 5.02 Å². The molecule has 120 valence electrons. The molecular weight excluding hydrogens is 312 g/mol. The number of pyridine rings is 1. The third kappa shape index (κ3) is 3.19. The molecule has 1 N–H and O–H groups in total. The SMILES string of the molecule is CC(C)Oc1ccc(-c2nc3ccc(Cl)cn3c2C(C)O)cc1. The highest BCUT2D eigenvalue weighted by atomic mass is 35.5. The van der Waals surface area contributed by atoms with Crippen molar-refractivity contribution in [2.45, 2.75) is 33.0 Å². The second kappa shape index (κ2) is 6.22. The maximum Gasteiger partial charge on any atom is 0.137 e. The molecule has 0 fully saturated rings. The molecular formula is C18H19ClN2O2. The van der Waals surface area contributed by atoms with E-state index in [0.29, 0.717) is 5.02 Å². The average molecular weight is 331 g/mol. The zero-order valence-corrected chi connectivity index (χ0v) is 14.1. The number of fused-ring (bicyclic) bond motifs is 1. The molecule has 0 radical (unpaired) electrons. The van der Waals surface area contributed by atoms with Crippen molar-refractivity contribution in [3.8, 4) is 17.0 Å².